The molecule has 2 aliphatic rings. The number of hydrogen-bond donors (Lipinski definition) is 0. The zero-order valence-corrected chi connectivity index (χ0v) is 21.6. The van der Waals surface area contributed by atoms with Gasteiger partial charge in [-0.25, -0.2) is 0 Å². The summed E-state index contributed by atoms with van der Waals surface area (Å²) in [4.78, 5) is 1.33. The number of hydrogen-bond acceptors (Lipinski definition) is 2. The number of nitrogens with zero attached hydrogens (tertiary/aromatic N) is 1. The van der Waals surface area contributed by atoms with Crippen LogP contribution in [0.5, 0.6) is 0 Å². The van der Waals surface area contributed by atoms with E-state index in [1.165, 1.54) is 16.1 Å². The van der Waals surface area contributed by atoms with Crippen LogP contribution in [-0.2, 0) is 0 Å². The van der Waals surface area contributed by atoms with Gasteiger partial charge in [-0.05, 0) is 67.7 Å². The molecule has 0 heterocycles. The van der Waals surface area contributed by atoms with E-state index < -0.39 is 0 Å². The van der Waals surface area contributed by atoms with E-state index in [1.807, 2.05) is 30.4 Å². The molecular weight excluding hydrogens is 430 g/mol. The monoisotopic (exact) mass is 465 g/mol. The van der Waals surface area contributed by atoms with Gasteiger partial charge in [-0.2, -0.15) is 5.26 Å². The van der Waals surface area contributed by atoms with Gasteiger partial charge in [0.15, 0.2) is 0 Å². The SMILES string of the molecule is C\C=C/C(SC)=C(/C=C/C1/C=C\C=C(C)/C=C(C2=C\C=C\C=C(C#N)\C=C\2)\C=C\C=C\C1)CC. The minimum Gasteiger partial charge on any atom is -0.192 e. The van der Waals surface area contributed by atoms with Gasteiger partial charge in [0.2, 0.25) is 0 Å². The Morgan fingerprint density at radius 2 is 1.85 bits per heavy atom. The average Bonchev–Trinajstić information content (AvgIpc) is 2.81. The van der Waals surface area contributed by atoms with Crippen molar-refractivity contribution < 1.29 is 0 Å². The van der Waals surface area contributed by atoms with Crippen molar-refractivity contribution in [2.45, 2.75) is 33.6 Å². The molecule has 0 bridgehead atoms. The average molecular weight is 466 g/mol. The van der Waals surface area contributed by atoms with Gasteiger partial charge in [0.05, 0.1) is 11.6 Å². The summed E-state index contributed by atoms with van der Waals surface area (Å²) >= 11 is 1.80. The van der Waals surface area contributed by atoms with Crippen molar-refractivity contribution >= 4 is 11.8 Å². The second kappa shape index (κ2) is 15.5. The summed E-state index contributed by atoms with van der Waals surface area (Å²) in [7, 11) is 0. The Hall–Kier alpha value is -3.28. The van der Waals surface area contributed by atoms with E-state index in [1.54, 1.807) is 11.8 Å². The Kier molecular flexibility index (Phi) is 12.3. The highest BCUT2D eigenvalue weighted by molar-refractivity contribution is 8.02. The minimum absolute atomic E-state index is 0.337. The first-order valence-corrected chi connectivity index (χ1v) is 13.0. The fourth-order valence-electron chi connectivity index (χ4n) is 3.51. The van der Waals surface area contributed by atoms with Crippen LogP contribution in [-0.4, -0.2) is 6.26 Å². The lowest BCUT2D eigenvalue weighted by Crippen LogP contribution is -1.91. The quantitative estimate of drug-likeness (QED) is 0.365. The van der Waals surface area contributed by atoms with Gasteiger partial charge >= 0.3 is 0 Å². The van der Waals surface area contributed by atoms with Gasteiger partial charge in [-0.1, -0.05) is 110 Å². The van der Waals surface area contributed by atoms with Crippen molar-refractivity contribution in [2.75, 3.05) is 6.26 Å². The third-order valence-electron chi connectivity index (χ3n) is 5.38. The molecule has 34 heavy (non-hydrogen) atoms. The lowest BCUT2D eigenvalue weighted by Gasteiger charge is -2.08. The van der Waals surface area contributed by atoms with E-state index in [4.69, 9.17) is 0 Å². The molecule has 0 N–H and O–H groups in total. The minimum atomic E-state index is 0.337. The maximum Gasteiger partial charge on any atom is 0.0991 e. The lowest BCUT2D eigenvalue weighted by atomic mass is 9.98. The number of nitriles is 1. The van der Waals surface area contributed by atoms with Crippen LogP contribution in [0.25, 0.3) is 0 Å². The van der Waals surface area contributed by atoms with Crippen molar-refractivity contribution in [1.29, 1.82) is 5.26 Å². The van der Waals surface area contributed by atoms with Crippen molar-refractivity contribution in [3.8, 4) is 6.07 Å². The van der Waals surface area contributed by atoms with Crippen molar-refractivity contribution in [1.82, 2.24) is 0 Å². The summed E-state index contributed by atoms with van der Waals surface area (Å²) in [6, 6.07) is 2.21. The summed E-state index contributed by atoms with van der Waals surface area (Å²) in [6.07, 6.45) is 42.0. The van der Waals surface area contributed by atoms with Crippen LogP contribution in [0.1, 0.15) is 33.6 Å². The van der Waals surface area contributed by atoms with Crippen LogP contribution in [0.4, 0.5) is 0 Å². The second-order valence-corrected chi connectivity index (χ2v) is 8.81. The van der Waals surface area contributed by atoms with Crippen LogP contribution in [0.15, 0.2) is 142 Å². The van der Waals surface area contributed by atoms with Crippen LogP contribution in [0.3, 0.4) is 0 Å². The van der Waals surface area contributed by atoms with E-state index in [9.17, 15) is 5.26 Å². The predicted molar refractivity (Wildman–Crippen MR) is 152 cm³/mol. The Morgan fingerprint density at radius 1 is 1.03 bits per heavy atom. The number of allylic oxidation sites excluding steroid dienone is 23. The van der Waals surface area contributed by atoms with Gasteiger partial charge in [0.25, 0.3) is 0 Å². The smallest absolute Gasteiger partial charge is 0.0991 e. The van der Waals surface area contributed by atoms with Crippen LogP contribution in [0, 0.1) is 17.2 Å². The highest BCUT2D eigenvalue weighted by Gasteiger charge is 2.03. The molecule has 0 radical (unpaired) electrons. The summed E-state index contributed by atoms with van der Waals surface area (Å²) < 4.78 is 0. The molecule has 0 aromatic heterocycles. The van der Waals surface area contributed by atoms with Crippen LogP contribution >= 0.6 is 11.8 Å². The third-order valence-corrected chi connectivity index (χ3v) is 6.22. The molecule has 174 valence electrons. The fourth-order valence-corrected chi connectivity index (χ4v) is 4.26. The van der Waals surface area contributed by atoms with Gasteiger partial charge in [-0.3, -0.25) is 0 Å². The molecule has 2 aliphatic carbocycles. The standard InChI is InChI=1S/C32H35NS/c1-5-13-32(34-4)29(6-2)22-20-27-15-8-7-9-19-31(24-26(3)14-12-17-27)30-18-11-10-16-28(25-33)21-23-30/h5,7-14,16-24,27H,6,15H2,1-4H3/b8-7+,11-10+,13-5-,16-10?,17-12-,18-11?,19-9+,22-20+,23-21+,26-14-,28-16-,28-21?,30-18-,30-23?,31-24+,32-29-. The molecule has 1 unspecified atom stereocenters. The molecule has 1 nitrogen and oxygen atoms in total. The predicted octanol–water partition coefficient (Wildman–Crippen LogP) is 9.21. The molecule has 0 amide bonds. The topological polar surface area (TPSA) is 23.8 Å². The van der Waals surface area contributed by atoms with E-state index in [0.717, 1.165) is 24.0 Å². The summed E-state index contributed by atoms with van der Waals surface area (Å²) in [5.41, 5.74) is 5.37. The van der Waals surface area contributed by atoms with E-state index in [-0.39, 0.29) is 0 Å². The zero-order valence-electron chi connectivity index (χ0n) is 20.7. The normalized spacial score (nSPS) is 30.7. The van der Waals surface area contributed by atoms with Crippen molar-refractivity contribution in [2.24, 2.45) is 5.92 Å². The third kappa shape index (κ3) is 9.30. The molecule has 0 fully saturated rings. The Balaban J connectivity index is 2.31. The molecule has 2 rings (SSSR count). The molecule has 0 aromatic rings. The maximum atomic E-state index is 9.23. The first-order valence-electron chi connectivity index (χ1n) is 11.8. The first-order chi connectivity index (χ1) is 16.6. The molecular formula is C32H35NS. The van der Waals surface area contributed by atoms with Gasteiger partial charge < -0.3 is 0 Å². The summed E-state index contributed by atoms with van der Waals surface area (Å²) in [5.74, 6) is 0.337. The number of thioether (sulfide) groups is 1. The second-order valence-electron chi connectivity index (χ2n) is 7.96. The maximum absolute atomic E-state index is 9.23. The number of rotatable bonds is 6. The Bertz CT molecular complexity index is 1110. The molecule has 0 aliphatic heterocycles. The van der Waals surface area contributed by atoms with Gasteiger partial charge in [0.1, 0.15) is 0 Å². The van der Waals surface area contributed by atoms with E-state index >= 15 is 0 Å². The van der Waals surface area contributed by atoms with Crippen molar-refractivity contribution in [3.05, 3.63) is 142 Å². The Labute approximate surface area is 210 Å². The largest absolute Gasteiger partial charge is 0.192 e. The lowest BCUT2D eigenvalue weighted by molar-refractivity contribution is 0.830. The summed E-state index contributed by atoms with van der Waals surface area (Å²) in [5, 5.41) is 9.23. The summed E-state index contributed by atoms with van der Waals surface area (Å²) in [6.45, 7) is 6.40. The molecule has 2 heteroatoms. The highest BCUT2D eigenvalue weighted by Crippen LogP contribution is 2.24. The van der Waals surface area contributed by atoms with Crippen LogP contribution in [0.2, 0.25) is 0 Å². The molecule has 0 saturated heterocycles. The van der Waals surface area contributed by atoms with E-state index in [0.29, 0.717) is 11.5 Å². The van der Waals surface area contributed by atoms with Gasteiger partial charge in [-0.15, -0.1) is 11.8 Å². The van der Waals surface area contributed by atoms with Gasteiger partial charge in [0, 0.05) is 4.91 Å². The molecule has 0 spiro atoms. The van der Waals surface area contributed by atoms with Crippen molar-refractivity contribution in [3.63, 3.8) is 0 Å². The van der Waals surface area contributed by atoms with Crippen LogP contribution < -0.4 is 0 Å². The van der Waals surface area contributed by atoms with E-state index in [2.05, 4.69) is 112 Å². The zero-order chi connectivity index (χ0) is 24.6. The Morgan fingerprint density at radius 3 is 2.59 bits per heavy atom. The fraction of sp³-hybridized carbons (Fsp3) is 0.219. The highest BCUT2D eigenvalue weighted by atomic mass is 32.2. The molecule has 1 atom stereocenters. The first kappa shape index (κ1) is 27.0. The molecule has 0 aromatic carbocycles. The molecule has 0 saturated carbocycles.